The van der Waals surface area contributed by atoms with Gasteiger partial charge in [0.1, 0.15) is 18.5 Å². The first kappa shape index (κ1) is 19.1. The zero-order valence-electron chi connectivity index (χ0n) is 16.9. The molecule has 0 aliphatic heterocycles. The number of benzene rings is 2. The van der Waals surface area contributed by atoms with Crippen molar-refractivity contribution in [3.05, 3.63) is 65.2 Å². The van der Waals surface area contributed by atoms with Crippen molar-refractivity contribution in [2.75, 3.05) is 0 Å². The fourth-order valence-corrected chi connectivity index (χ4v) is 6.44. The van der Waals surface area contributed by atoms with Crippen molar-refractivity contribution < 1.29 is 20.1 Å². The number of fused-ring (bicyclic) bond motifs is 5. The molecular formula is C25H30O4. The summed E-state index contributed by atoms with van der Waals surface area (Å²) >= 11 is 0. The van der Waals surface area contributed by atoms with E-state index in [1.807, 2.05) is 25.1 Å². The number of ether oxygens (including phenoxy) is 1. The lowest BCUT2D eigenvalue weighted by atomic mass is 9.55. The molecule has 2 saturated carbocycles. The van der Waals surface area contributed by atoms with Crippen LogP contribution in [0.3, 0.4) is 0 Å². The highest BCUT2D eigenvalue weighted by Gasteiger charge is 2.62. The smallest absolute Gasteiger partial charge is 0.120 e. The van der Waals surface area contributed by atoms with Gasteiger partial charge in [-0.05, 0) is 72.3 Å². The van der Waals surface area contributed by atoms with Gasteiger partial charge < -0.3 is 20.1 Å². The summed E-state index contributed by atoms with van der Waals surface area (Å²) in [4.78, 5) is 0. The number of rotatable bonds is 3. The summed E-state index contributed by atoms with van der Waals surface area (Å²) < 4.78 is 6.02. The third kappa shape index (κ3) is 3.00. The summed E-state index contributed by atoms with van der Waals surface area (Å²) in [6, 6.07) is 16.6. The van der Waals surface area contributed by atoms with Gasteiger partial charge in [0.2, 0.25) is 0 Å². The Labute approximate surface area is 172 Å². The highest BCUT2D eigenvalue weighted by molar-refractivity contribution is 5.41. The SMILES string of the molecule is C[C@]12CC[C@@H]3c4ccc(OCc5ccccc5)cc4CC[C@H]3[C@@H]1[C@H](O)[C@H](O)[C@@H]2O. The van der Waals surface area contributed by atoms with Crippen LogP contribution >= 0.6 is 0 Å². The Bertz CT molecular complexity index is 882. The average molecular weight is 395 g/mol. The Morgan fingerprint density at radius 3 is 2.59 bits per heavy atom. The van der Waals surface area contributed by atoms with Gasteiger partial charge >= 0.3 is 0 Å². The molecule has 0 aromatic heterocycles. The van der Waals surface area contributed by atoms with E-state index in [2.05, 4.69) is 30.3 Å². The van der Waals surface area contributed by atoms with Crippen molar-refractivity contribution in [2.24, 2.45) is 17.3 Å². The Kier molecular flexibility index (Phi) is 4.69. The van der Waals surface area contributed by atoms with Crippen LogP contribution in [-0.2, 0) is 13.0 Å². The lowest BCUT2D eigenvalue weighted by molar-refractivity contribution is -0.0505. The van der Waals surface area contributed by atoms with Crippen LogP contribution in [0.4, 0.5) is 0 Å². The van der Waals surface area contributed by atoms with Crippen LogP contribution in [0.25, 0.3) is 0 Å². The lowest BCUT2D eigenvalue weighted by Gasteiger charge is -2.50. The molecule has 3 aliphatic carbocycles. The van der Waals surface area contributed by atoms with Gasteiger partial charge in [-0.15, -0.1) is 0 Å². The van der Waals surface area contributed by atoms with Crippen LogP contribution in [-0.4, -0.2) is 33.6 Å². The van der Waals surface area contributed by atoms with Crippen LogP contribution < -0.4 is 4.74 Å². The van der Waals surface area contributed by atoms with E-state index < -0.39 is 23.7 Å². The molecule has 154 valence electrons. The van der Waals surface area contributed by atoms with Crippen LogP contribution in [0.1, 0.15) is 48.8 Å². The van der Waals surface area contributed by atoms with E-state index in [0.29, 0.717) is 18.4 Å². The largest absolute Gasteiger partial charge is 0.489 e. The first-order valence-corrected chi connectivity index (χ1v) is 10.8. The minimum absolute atomic E-state index is 0.0478. The Morgan fingerprint density at radius 1 is 1.00 bits per heavy atom. The number of aryl methyl sites for hydroxylation is 1. The standard InChI is InChI=1S/C25H30O4/c1-25-12-11-19-18-10-8-17(29-14-15-5-3-2-4-6-15)13-16(18)7-9-20(19)21(25)22(26)23(27)24(25)28/h2-6,8,10,13,19-24,26-28H,7,9,11-12,14H2,1H3/t19-,20-,21-,22+,23+,24+,25+/m1/s1. The van der Waals surface area contributed by atoms with E-state index in [4.69, 9.17) is 4.74 Å². The van der Waals surface area contributed by atoms with Gasteiger partial charge in [0.05, 0.1) is 12.2 Å². The number of hydrogen-bond acceptors (Lipinski definition) is 4. The molecule has 29 heavy (non-hydrogen) atoms. The van der Waals surface area contributed by atoms with E-state index in [0.717, 1.165) is 37.0 Å². The normalized spacial score (nSPS) is 38.1. The third-order valence-electron chi connectivity index (χ3n) is 7.96. The highest BCUT2D eigenvalue weighted by Crippen LogP contribution is 2.61. The van der Waals surface area contributed by atoms with E-state index in [9.17, 15) is 15.3 Å². The molecule has 2 aromatic carbocycles. The van der Waals surface area contributed by atoms with E-state index in [1.54, 1.807) is 0 Å². The molecule has 4 nitrogen and oxygen atoms in total. The van der Waals surface area contributed by atoms with Gasteiger partial charge in [-0.2, -0.15) is 0 Å². The van der Waals surface area contributed by atoms with Crippen LogP contribution in [0.15, 0.2) is 48.5 Å². The Hall–Kier alpha value is -1.88. The van der Waals surface area contributed by atoms with Crippen molar-refractivity contribution in [1.29, 1.82) is 0 Å². The van der Waals surface area contributed by atoms with Crippen molar-refractivity contribution in [1.82, 2.24) is 0 Å². The molecule has 0 amide bonds. The molecule has 7 atom stereocenters. The molecule has 3 N–H and O–H groups in total. The van der Waals surface area contributed by atoms with Gasteiger partial charge in [0.15, 0.2) is 0 Å². The fraction of sp³-hybridized carbons (Fsp3) is 0.520. The number of aliphatic hydroxyl groups excluding tert-OH is 3. The fourth-order valence-electron chi connectivity index (χ4n) is 6.44. The van der Waals surface area contributed by atoms with Gasteiger partial charge in [-0.25, -0.2) is 0 Å². The van der Waals surface area contributed by atoms with Crippen molar-refractivity contribution in [3.8, 4) is 5.75 Å². The van der Waals surface area contributed by atoms with Crippen LogP contribution in [0, 0.1) is 17.3 Å². The second kappa shape index (κ2) is 7.12. The summed E-state index contributed by atoms with van der Waals surface area (Å²) in [6.45, 7) is 2.61. The zero-order chi connectivity index (χ0) is 20.2. The molecule has 3 aliphatic rings. The second-order valence-electron chi connectivity index (χ2n) is 9.44. The topological polar surface area (TPSA) is 69.9 Å². The monoisotopic (exact) mass is 394 g/mol. The average Bonchev–Trinajstić information content (AvgIpc) is 2.93. The first-order chi connectivity index (χ1) is 14.0. The number of hydrogen-bond donors (Lipinski definition) is 3. The third-order valence-corrected chi connectivity index (χ3v) is 7.96. The highest BCUT2D eigenvalue weighted by atomic mass is 16.5. The van der Waals surface area contributed by atoms with E-state index >= 15 is 0 Å². The van der Waals surface area contributed by atoms with E-state index in [-0.39, 0.29) is 5.92 Å². The minimum Gasteiger partial charge on any atom is -0.489 e. The first-order valence-electron chi connectivity index (χ1n) is 10.8. The summed E-state index contributed by atoms with van der Waals surface area (Å²) in [5, 5.41) is 31.6. The predicted molar refractivity (Wildman–Crippen MR) is 111 cm³/mol. The maximum absolute atomic E-state index is 10.7. The Morgan fingerprint density at radius 2 is 1.79 bits per heavy atom. The second-order valence-corrected chi connectivity index (χ2v) is 9.44. The molecule has 0 bridgehead atoms. The van der Waals surface area contributed by atoms with Crippen molar-refractivity contribution in [3.63, 3.8) is 0 Å². The van der Waals surface area contributed by atoms with Gasteiger partial charge in [-0.1, -0.05) is 43.3 Å². The van der Waals surface area contributed by atoms with Crippen molar-refractivity contribution in [2.45, 2.75) is 63.4 Å². The lowest BCUT2D eigenvalue weighted by Crippen LogP contribution is -2.46. The minimum atomic E-state index is -1.03. The van der Waals surface area contributed by atoms with Gasteiger partial charge in [0.25, 0.3) is 0 Å². The molecule has 5 rings (SSSR count). The Balaban J connectivity index is 1.37. The summed E-state index contributed by atoms with van der Waals surface area (Å²) in [5.41, 5.74) is 3.47. The zero-order valence-corrected chi connectivity index (χ0v) is 16.9. The molecule has 0 unspecified atom stereocenters. The molecule has 4 heteroatoms. The quantitative estimate of drug-likeness (QED) is 0.746. The molecule has 2 aromatic rings. The maximum atomic E-state index is 10.7. The molecule has 0 saturated heterocycles. The molecule has 2 fully saturated rings. The van der Waals surface area contributed by atoms with E-state index in [1.165, 1.54) is 11.1 Å². The molecule has 0 spiro atoms. The number of aliphatic hydroxyl groups is 3. The maximum Gasteiger partial charge on any atom is 0.120 e. The van der Waals surface area contributed by atoms with Gasteiger partial charge in [-0.3, -0.25) is 0 Å². The van der Waals surface area contributed by atoms with Gasteiger partial charge in [0, 0.05) is 5.41 Å². The van der Waals surface area contributed by atoms with Crippen molar-refractivity contribution >= 4 is 0 Å². The molecule has 0 heterocycles. The molecular weight excluding hydrogens is 364 g/mol. The summed E-state index contributed by atoms with van der Waals surface area (Å²) in [7, 11) is 0. The molecule has 0 radical (unpaired) electrons. The van der Waals surface area contributed by atoms with Crippen LogP contribution in [0.2, 0.25) is 0 Å². The predicted octanol–water partition coefficient (Wildman–Crippen LogP) is 3.42. The summed E-state index contributed by atoms with van der Waals surface area (Å²) in [5.74, 6) is 1.54. The van der Waals surface area contributed by atoms with Crippen LogP contribution in [0.5, 0.6) is 5.75 Å². The summed E-state index contributed by atoms with van der Waals surface area (Å²) in [6.07, 6.45) is 1.06.